The van der Waals surface area contributed by atoms with Crippen LogP contribution in [0.5, 0.6) is 23.0 Å². The molecule has 21 heteroatoms. The van der Waals surface area contributed by atoms with E-state index in [0.717, 1.165) is 24.3 Å². The first-order valence-corrected chi connectivity index (χ1v) is 17.2. The first-order valence-electron chi connectivity index (χ1n) is 14.4. The summed E-state index contributed by atoms with van der Waals surface area (Å²) in [4.78, 5) is 31.8. The molecule has 15 nitrogen and oxygen atoms in total. The predicted octanol–water partition coefficient (Wildman–Crippen LogP) is 6.16. The number of ether oxygens (including phenoxy) is 2. The lowest BCUT2D eigenvalue weighted by Crippen LogP contribution is -2.34. The van der Waals surface area contributed by atoms with E-state index in [9.17, 15) is 41.9 Å². The zero-order valence-corrected chi connectivity index (χ0v) is 27.2. The zero-order valence-electron chi connectivity index (χ0n) is 25.6. The van der Waals surface area contributed by atoms with Crippen molar-refractivity contribution in [3.8, 4) is 23.0 Å². The Labute approximate surface area is 293 Å². The summed E-state index contributed by atoms with van der Waals surface area (Å²) in [5, 5.41) is 21.9. The van der Waals surface area contributed by atoms with Gasteiger partial charge in [0.2, 0.25) is 23.1 Å². The Balaban J connectivity index is 1.40. The molecule has 0 bridgehead atoms. The summed E-state index contributed by atoms with van der Waals surface area (Å²) in [5.74, 6) is -14.3. The highest BCUT2D eigenvalue weighted by atomic mass is 32.2. The number of hydrogen-bond acceptors (Lipinski definition) is 13. The van der Waals surface area contributed by atoms with Crippen LogP contribution >= 0.6 is 0 Å². The number of nitro groups is 2. The van der Waals surface area contributed by atoms with Gasteiger partial charge in [0.05, 0.1) is 26.5 Å². The molecular formula is C32H14F4N2O13S2. The lowest BCUT2D eigenvalue weighted by molar-refractivity contribution is -0.385. The Hall–Kier alpha value is -6.61. The maximum absolute atomic E-state index is 16.4. The maximum Gasteiger partial charge on any atom is 0.340 e. The zero-order chi connectivity index (χ0) is 38.2. The molecule has 2 heterocycles. The standard InChI is InChI=1S/C32H14F4N2O13S2/c33-23-13-21-27(25(35)29(23)50-52(44,45)17-9-5-15(6-10-17)37(40)41)48-28-22(32(21)20-4-2-1-3-19(20)31(39)49-32)14-24(34)30(26(28)36)51-53(46,47)18-11-7-16(8-12-18)38(42)43/h1-14H. The van der Waals surface area contributed by atoms with Gasteiger partial charge in [0.1, 0.15) is 9.79 Å². The smallest absolute Gasteiger partial charge is 0.340 e. The fraction of sp³-hybridized carbons (Fsp3) is 0.0312. The van der Waals surface area contributed by atoms with E-state index in [2.05, 4.69) is 0 Å². The summed E-state index contributed by atoms with van der Waals surface area (Å²) >= 11 is 0. The van der Waals surface area contributed by atoms with Gasteiger partial charge in [-0.1, -0.05) is 18.2 Å². The Kier molecular flexibility index (Phi) is 7.87. The van der Waals surface area contributed by atoms with E-state index in [-0.39, 0.29) is 11.1 Å². The molecule has 53 heavy (non-hydrogen) atoms. The predicted molar refractivity (Wildman–Crippen MR) is 166 cm³/mol. The highest BCUT2D eigenvalue weighted by Crippen LogP contribution is 2.59. The van der Waals surface area contributed by atoms with E-state index in [4.69, 9.17) is 17.8 Å². The average molecular weight is 775 g/mol. The minimum absolute atomic E-state index is 0.215. The number of carbonyl (C=O) groups is 1. The minimum atomic E-state index is -5.14. The third kappa shape index (κ3) is 5.44. The molecule has 0 radical (unpaired) electrons. The Bertz CT molecular complexity index is 2520. The van der Waals surface area contributed by atoms with Crippen molar-refractivity contribution in [1.82, 2.24) is 0 Å². The molecule has 2 aliphatic rings. The van der Waals surface area contributed by atoms with Crippen LogP contribution in [0.3, 0.4) is 0 Å². The lowest BCUT2D eigenvalue weighted by Gasteiger charge is -2.37. The number of halogens is 4. The number of esters is 1. The first-order chi connectivity index (χ1) is 25.0. The minimum Gasteiger partial charge on any atom is -0.450 e. The molecule has 5 aromatic carbocycles. The van der Waals surface area contributed by atoms with Gasteiger partial charge in [-0.15, -0.1) is 0 Å². The number of nitrogens with zero attached hydrogens (tertiary/aromatic N) is 2. The molecule has 2 aliphatic heterocycles. The van der Waals surface area contributed by atoms with Crippen molar-refractivity contribution in [1.29, 1.82) is 0 Å². The van der Waals surface area contributed by atoms with Crippen molar-refractivity contribution >= 4 is 37.6 Å². The van der Waals surface area contributed by atoms with Crippen LogP contribution < -0.4 is 13.1 Å². The number of carbonyl (C=O) groups excluding carboxylic acids is 1. The Morgan fingerprint density at radius 3 is 1.45 bits per heavy atom. The summed E-state index contributed by atoms with van der Waals surface area (Å²) in [6.45, 7) is 0. The number of non-ortho nitro benzene ring substituents is 2. The third-order valence-corrected chi connectivity index (χ3v) is 10.5. The van der Waals surface area contributed by atoms with Crippen LogP contribution in [0, 0.1) is 43.5 Å². The molecule has 0 saturated heterocycles. The Morgan fingerprint density at radius 2 is 1.04 bits per heavy atom. The number of benzene rings is 5. The van der Waals surface area contributed by atoms with Gasteiger partial charge >= 0.3 is 26.2 Å². The van der Waals surface area contributed by atoms with E-state index in [1.807, 2.05) is 0 Å². The van der Waals surface area contributed by atoms with E-state index >= 15 is 17.6 Å². The van der Waals surface area contributed by atoms with Crippen LogP contribution in [-0.2, 0) is 30.6 Å². The largest absolute Gasteiger partial charge is 0.450 e. The average Bonchev–Trinajstić information content (AvgIpc) is 3.42. The molecule has 270 valence electrons. The summed E-state index contributed by atoms with van der Waals surface area (Å²) in [6.07, 6.45) is 0. The van der Waals surface area contributed by atoms with Gasteiger partial charge in [-0.3, -0.25) is 20.2 Å². The molecular weight excluding hydrogens is 760 g/mol. The molecule has 0 saturated carbocycles. The van der Waals surface area contributed by atoms with Crippen molar-refractivity contribution in [3.05, 3.63) is 151 Å². The molecule has 0 unspecified atom stereocenters. The highest BCUT2D eigenvalue weighted by Gasteiger charge is 2.56. The van der Waals surface area contributed by atoms with Crippen LogP contribution in [0.2, 0.25) is 0 Å². The van der Waals surface area contributed by atoms with Crippen molar-refractivity contribution in [2.24, 2.45) is 0 Å². The van der Waals surface area contributed by atoms with Crippen molar-refractivity contribution < 1.29 is 66.9 Å². The van der Waals surface area contributed by atoms with Crippen LogP contribution in [-0.4, -0.2) is 32.7 Å². The van der Waals surface area contributed by atoms with Gasteiger partial charge in [-0.2, -0.15) is 25.6 Å². The van der Waals surface area contributed by atoms with Gasteiger partial charge < -0.3 is 17.8 Å². The van der Waals surface area contributed by atoms with Crippen LogP contribution in [0.15, 0.2) is 94.7 Å². The summed E-state index contributed by atoms with van der Waals surface area (Å²) < 4.78 is 137. The van der Waals surface area contributed by atoms with Gasteiger partial charge in [-0.25, -0.2) is 13.6 Å². The van der Waals surface area contributed by atoms with E-state index in [0.29, 0.717) is 36.4 Å². The Morgan fingerprint density at radius 1 is 0.623 bits per heavy atom. The second-order valence-electron chi connectivity index (χ2n) is 11.1. The summed E-state index contributed by atoms with van der Waals surface area (Å²) in [6, 6.07) is 12.0. The number of hydrogen-bond donors (Lipinski definition) is 0. The van der Waals surface area contributed by atoms with Crippen molar-refractivity contribution in [3.63, 3.8) is 0 Å². The van der Waals surface area contributed by atoms with E-state index < -0.39 is 120 Å². The lowest BCUT2D eigenvalue weighted by atomic mass is 9.77. The van der Waals surface area contributed by atoms with E-state index in [1.165, 1.54) is 24.3 Å². The van der Waals surface area contributed by atoms with Gasteiger partial charge in [-0.05, 0) is 42.5 Å². The molecule has 0 aromatic heterocycles. The van der Waals surface area contributed by atoms with Crippen LogP contribution in [0.4, 0.5) is 28.9 Å². The summed E-state index contributed by atoms with van der Waals surface area (Å²) in [5.41, 5.74) is -5.59. The number of rotatable bonds is 8. The highest BCUT2D eigenvalue weighted by molar-refractivity contribution is 7.87. The molecule has 0 atom stereocenters. The van der Waals surface area contributed by atoms with Gasteiger partial charge in [0, 0.05) is 29.8 Å². The fourth-order valence-corrected chi connectivity index (χ4v) is 7.57. The molecule has 0 amide bonds. The molecule has 5 aromatic rings. The van der Waals surface area contributed by atoms with Gasteiger partial charge in [0.25, 0.3) is 11.4 Å². The second kappa shape index (κ2) is 12.0. The van der Waals surface area contributed by atoms with E-state index in [1.54, 1.807) is 0 Å². The molecule has 0 aliphatic carbocycles. The molecule has 0 N–H and O–H groups in total. The topological polar surface area (TPSA) is 209 Å². The SMILES string of the molecule is O=C1OC2(c3ccccc31)c1cc(F)c(OS(=O)(=O)c3ccc([N+](=O)[O-])cc3)c(F)c1Oc1c2cc(F)c(OS(=O)(=O)c2ccc([N+](=O)[O-])cc2)c1F. The van der Waals surface area contributed by atoms with Crippen molar-refractivity contribution in [2.75, 3.05) is 0 Å². The van der Waals surface area contributed by atoms with Crippen LogP contribution in [0.1, 0.15) is 27.0 Å². The van der Waals surface area contributed by atoms with Gasteiger partial charge in [0.15, 0.2) is 28.7 Å². The molecule has 7 rings (SSSR count). The maximum atomic E-state index is 16.4. The fourth-order valence-electron chi connectivity index (χ4n) is 5.69. The van der Waals surface area contributed by atoms with Crippen molar-refractivity contribution in [2.45, 2.75) is 15.4 Å². The molecule has 0 fully saturated rings. The third-order valence-electron chi connectivity index (χ3n) is 8.06. The monoisotopic (exact) mass is 774 g/mol. The quantitative estimate of drug-likeness (QED) is 0.0569. The molecule has 1 spiro atoms. The van der Waals surface area contributed by atoms with Crippen LogP contribution in [0.25, 0.3) is 0 Å². The normalized spacial score (nSPS) is 14.0. The first kappa shape index (κ1) is 34.8. The number of fused-ring (bicyclic) bond motifs is 6. The second-order valence-corrected chi connectivity index (χ2v) is 14.1. The summed E-state index contributed by atoms with van der Waals surface area (Å²) in [7, 11) is -10.3. The number of nitro benzene ring substituents is 2.